The molecule has 17 heavy (non-hydrogen) atoms. The molecule has 0 spiro atoms. The summed E-state index contributed by atoms with van der Waals surface area (Å²) in [6.45, 7) is 3.83. The predicted molar refractivity (Wildman–Crippen MR) is 71.8 cm³/mol. The van der Waals surface area contributed by atoms with E-state index in [1.807, 2.05) is 19.9 Å². The highest BCUT2D eigenvalue weighted by atomic mass is 35.5. The first-order valence-electron chi connectivity index (χ1n) is 5.08. The van der Waals surface area contributed by atoms with Gasteiger partial charge in [-0.2, -0.15) is 5.10 Å². The number of H-pyrrole nitrogens is 1. The molecule has 0 bridgehead atoms. The van der Waals surface area contributed by atoms with Crippen molar-refractivity contribution in [3.63, 3.8) is 0 Å². The molecular weight excluding hydrogens is 257 g/mol. The van der Waals surface area contributed by atoms with Gasteiger partial charge < -0.3 is 0 Å². The fourth-order valence-corrected chi connectivity index (χ4v) is 1.93. The van der Waals surface area contributed by atoms with Crippen LogP contribution in [0.2, 0.25) is 10.0 Å². The molecule has 2 aromatic rings. The quantitative estimate of drug-likeness (QED) is 0.819. The maximum atomic E-state index is 6.05. The molecular formula is C12H11Cl2N3. The number of rotatable bonds is 2. The summed E-state index contributed by atoms with van der Waals surface area (Å²) in [7, 11) is 0. The van der Waals surface area contributed by atoms with Gasteiger partial charge in [0.05, 0.1) is 16.4 Å². The van der Waals surface area contributed by atoms with E-state index < -0.39 is 0 Å². The maximum absolute atomic E-state index is 6.05. The molecule has 5 heteroatoms. The summed E-state index contributed by atoms with van der Waals surface area (Å²) in [4.78, 5) is 4.38. The van der Waals surface area contributed by atoms with Gasteiger partial charge in [0, 0.05) is 16.8 Å². The summed E-state index contributed by atoms with van der Waals surface area (Å²) in [5.74, 6) is 0. The predicted octanol–water partition coefficient (Wildman–Crippen LogP) is 4.08. The van der Waals surface area contributed by atoms with Crippen molar-refractivity contribution in [3.05, 3.63) is 45.2 Å². The standard InChI is InChI=1S/C12H11Cl2N3/c1-7-12(8(2)17-16-7)15-6-9-3-4-10(13)5-11(9)14/h3-6H,1-2H3,(H,16,17). The molecule has 0 radical (unpaired) electrons. The van der Waals surface area contributed by atoms with Gasteiger partial charge in [0.25, 0.3) is 0 Å². The Hall–Kier alpha value is -1.32. The number of nitrogens with one attached hydrogen (secondary N) is 1. The number of halogens is 2. The summed E-state index contributed by atoms with van der Waals surface area (Å²) < 4.78 is 0. The molecule has 0 aliphatic carbocycles. The number of nitrogens with zero attached hydrogens (tertiary/aromatic N) is 2. The Labute approximate surface area is 109 Å². The molecule has 0 saturated carbocycles. The SMILES string of the molecule is Cc1n[nH]c(C)c1N=Cc1ccc(Cl)cc1Cl. The van der Waals surface area contributed by atoms with Crippen LogP contribution in [0.15, 0.2) is 23.2 Å². The number of benzene rings is 1. The summed E-state index contributed by atoms with van der Waals surface area (Å²) in [5.41, 5.74) is 3.47. The summed E-state index contributed by atoms with van der Waals surface area (Å²) in [6, 6.07) is 5.31. The third-order valence-electron chi connectivity index (χ3n) is 2.38. The van der Waals surface area contributed by atoms with E-state index in [-0.39, 0.29) is 0 Å². The smallest absolute Gasteiger partial charge is 0.106 e. The van der Waals surface area contributed by atoms with E-state index >= 15 is 0 Å². The first-order valence-corrected chi connectivity index (χ1v) is 5.84. The number of aromatic amines is 1. The van der Waals surface area contributed by atoms with E-state index in [1.54, 1.807) is 18.3 Å². The van der Waals surface area contributed by atoms with E-state index in [9.17, 15) is 0 Å². The van der Waals surface area contributed by atoms with Crippen molar-refractivity contribution in [1.29, 1.82) is 0 Å². The van der Waals surface area contributed by atoms with Crippen LogP contribution < -0.4 is 0 Å². The third-order valence-corrected chi connectivity index (χ3v) is 2.95. The van der Waals surface area contributed by atoms with Gasteiger partial charge in [0.15, 0.2) is 0 Å². The van der Waals surface area contributed by atoms with Crippen molar-refractivity contribution >= 4 is 35.1 Å². The molecule has 0 fully saturated rings. The molecule has 1 N–H and O–H groups in total. The molecule has 0 saturated heterocycles. The average Bonchev–Trinajstić information content (AvgIpc) is 2.58. The highest BCUT2D eigenvalue weighted by Gasteiger charge is 2.04. The molecule has 0 unspecified atom stereocenters. The summed E-state index contributed by atoms with van der Waals surface area (Å²) in [5, 5.41) is 8.15. The lowest BCUT2D eigenvalue weighted by Gasteiger charge is -1.98. The molecule has 3 nitrogen and oxygen atoms in total. The first kappa shape index (κ1) is 12.1. The van der Waals surface area contributed by atoms with E-state index in [1.165, 1.54) is 0 Å². The van der Waals surface area contributed by atoms with Gasteiger partial charge in [-0.3, -0.25) is 10.1 Å². The Bertz CT molecular complexity index is 554. The van der Waals surface area contributed by atoms with Crippen molar-refractivity contribution in [1.82, 2.24) is 10.2 Å². The molecule has 0 amide bonds. The third kappa shape index (κ3) is 2.68. The largest absolute Gasteiger partial charge is 0.280 e. The Morgan fingerprint density at radius 3 is 2.65 bits per heavy atom. The van der Waals surface area contributed by atoms with Crippen LogP contribution in [0.5, 0.6) is 0 Å². The average molecular weight is 268 g/mol. The number of aromatic nitrogens is 2. The Morgan fingerprint density at radius 2 is 2.06 bits per heavy atom. The lowest BCUT2D eigenvalue weighted by molar-refractivity contribution is 1.02. The molecule has 88 valence electrons. The topological polar surface area (TPSA) is 41.0 Å². The molecule has 0 atom stereocenters. The van der Waals surface area contributed by atoms with Crippen molar-refractivity contribution in [2.24, 2.45) is 4.99 Å². The minimum absolute atomic E-state index is 0.583. The highest BCUT2D eigenvalue weighted by Crippen LogP contribution is 2.23. The van der Waals surface area contributed by atoms with E-state index in [2.05, 4.69) is 15.2 Å². The van der Waals surface area contributed by atoms with Gasteiger partial charge in [-0.25, -0.2) is 0 Å². The molecule has 0 aliphatic rings. The maximum Gasteiger partial charge on any atom is 0.106 e. The van der Waals surface area contributed by atoms with Crippen LogP contribution in [0, 0.1) is 13.8 Å². The van der Waals surface area contributed by atoms with Crippen LogP contribution in [0.1, 0.15) is 17.0 Å². The van der Waals surface area contributed by atoms with Crippen molar-refractivity contribution in [2.75, 3.05) is 0 Å². The number of aliphatic imine (C=N–C) groups is 1. The zero-order chi connectivity index (χ0) is 12.4. The Balaban J connectivity index is 2.32. The summed E-state index contributed by atoms with van der Waals surface area (Å²) in [6.07, 6.45) is 1.71. The Morgan fingerprint density at radius 1 is 1.29 bits per heavy atom. The Kier molecular flexibility index (Phi) is 3.50. The van der Waals surface area contributed by atoms with Crippen LogP contribution >= 0.6 is 23.2 Å². The monoisotopic (exact) mass is 267 g/mol. The van der Waals surface area contributed by atoms with E-state index in [0.717, 1.165) is 22.6 Å². The lowest BCUT2D eigenvalue weighted by Crippen LogP contribution is -1.83. The fraction of sp³-hybridized carbons (Fsp3) is 0.167. The summed E-state index contributed by atoms with van der Waals surface area (Å²) >= 11 is 11.9. The minimum atomic E-state index is 0.583. The molecule has 1 aromatic carbocycles. The number of hydrogen-bond donors (Lipinski definition) is 1. The van der Waals surface area contributed by atoms with E-state index in [4.69, 9.17) is 23.2 Å². The normalized spacial score (nSPS) is 11.3. The zero-order valence-electron chi connectivity index (χ0n) is 9.46. The fourth-order valence-electron chi connectivity index (χ4n) is 1.48. The van der Waals surface area contributed by atoms with Gasteiger partial charge in [0.1, 0.15) is 5.69 Å². The zero-order valence-corrected chi connectivity index (χ0v) is 11.0. The van der Waals surface area contributed by atoms with Crippen molar-refractivity contribution < 1.29 is 0 Å². The van der Waals surface area contributed by atoms with Crippen molar-refractivity contribution in [3.8, 4) is 0 Å². The lowest BCUT2D eigenvalue weighted by atomic mass is 10.2. The molecule has 1 aromatic heterocycles. The molecule has 1 heterocycles. The van der Waals surface area contributed by atoms with Crippen molar-refractivity contribution in [2.45, 2.75) is 13.8 Å². The first-order chi connectivity index (χ1) is 8.08. The second-order valence-corrected chi connectivity index (χ2v) is 4.55. The second kappa shape index (κ2) is 4.90. The van der Waals surface area contributed by atoms with Crippen LogP contribution in [-0.2, 0) is 0 Å². The van der Waals surface area contributed by atoms with Gasteiger partial charge in [-0.1, -0.05) is 29.3 Å². The minimum Gasteiger partial charge on any atom is -0.280 e. The van der Waals surface area contributed by atoms with Crippen LogP contribution in [-0.4, -0.2) is 16.4 Å². The van der Waals surface area contributed by atoms with Crippen LogP contribution in [0.25, 0.3) is 0 Å². The number of hydrogen-bond acceptors (Lipinski definition) is 2. The molecule has 2 rings (SSSR count). The van der Waals surface area contributed by atoms with Gasteiger partial charge in [-0.15, -0.1) is 0 Å². The van der Waals surface area contributed by atoms with Gasteiger partial charge >= 0.3 is 0 Å². The van der Waals surface area contributed by atoms with Crippen LogP contribution in [0.4, 0.5) is 5.69 Å². The van der Waals surface area contributed by atoms with Gasteiger partial charge in [-0.05, 0) is 26.0 Å². The second-order valence-electron chi connectivity index (χ2n) is 3.71. The van der Waals surface area contributed by atoms with Gasteiger partial charge in [0.2, 0.25) is 0 Å². The highest BCUT2D eigenvalue weighted by molar-refractivity contribution is 6.36. The number of aryl methyl sites for hydroxylation is 2. The molecule has 0 aliphatic heterocycles. The van der Waals surface area contributed by atoms with E-state index in [0.29, 0.717) is 10.0 Å². The van der Waals surface area contributed by atoms with Crippen LogP contribution in [0.3, 0.4) is 0 Å².